The largest absolute Gasteiger partial charge is 0.386 e. The van der Waals surface area contributed by atoms with Gasteiger partial charge in [0.1, 0.15) is 0 Å². The van der Waals surface area contributed by atoms with E-state index in [0.29, 0.717) is 12.0 Å². The lowest BCUT2D eigenvalue weighted by atomic mass is 9.85. The smallest absolute Gasteiger partial charge is 0.0393 e. The molecule has 0 fully saturated rings. The third kappa shape index (κ3) is 9.30. The van der Waals surface area contributed by atoms with Gasteiger partial charge in [-0.25, -0.2) is 0 Å². The van der Waals surface area contributed by atoms with Crippen LogP contribution in [0.4, 0.5) is 0 Å². The summed E-state index contributed by atoms with van der Waals surface area (Å²) >= 11 is 0. The quantitative estimate of drug-likeness (QED) is 0.300. The lowest BCUT2D eigenvalue weighted by Crippen LogP contribution is -2.25. The van der Waals surface area contributed by atoms with E-state index in [0.717, 1.165) is 18.8 Å². The molecule has 2 unspecified atom stereocenters. The zero-order chi connectivity index (χ0) is 18.5. The first kappa shape index (κ1) is 22.9. The average molecular weight is 335 g/mol. The molecule has 0 aromatic carbocycles. The van der Waals surface area contributed by atoms with Gasteiger partial charge in [-0.1, -0.05) is 52.5 Å². The van der Waals surface area contributed by atoms with Gasteiger partial charge in [-0.05, 0) is 57.4 Å². The standard InChI is InChI=1S/C22H42N2/c1-9-12-18(5)24-20(7)19(6)22(23-8)16-17(4)15-21(13-10-2)14-11-3/h9,17-18,21,24H,1,10-16H2,2-8H3/b20-19+,23-22-. The minimum Gasteiger partial charge on any atom is -0.386 e. The highest BCUT2D eigenvalue weighted by Crippen LogP contribution is 2.25. The summed E-state index contributed by atoms with van der Waals surface area (Å²) in [5.41, 5.74) is 3.81. The lowest BCUT2D eigenvalue weighted by molar-refractivity contribution is 0.349. The van der Waals surface area contributed by atoms with Gasteiger partial charge in [-0.2, -0.15) is 0 Å². The van der Waals surface area contributed by atoms with Crippen LogP contribution in [0.3, 0.4) is 0 Å². The first-order valence-corrected chi connectivity index (χ1v) is 9.90. The Morgan fingerprint density at radius 3 is 2.17 bits per heavy atom. The van der Waals surface area contributed by atoms with Crippen molar-refractivity contribution in [2.24, 2.45) is 16.8 Å². The van der Waals surface area contributed by atoms with Crippen LogP contribution in [0.5, 0.6) is 0 Å². The minimum absolute atomic E-state index is 0.423. The average Bonchev–Trinajstić information content (AvgIpc) is 2.52. The summed E-state index contributed by atoms with van der Waals surface area (Å²) in [6, 6.07) is 0.423. The van der Waals surface area contributed by atoms with Crippen LogP contribution in [0, 0.1) is 11.8 Å². The van der Waals surface area contributed by atoms with Gasteiger partial charge in [0.2, 0.25) is 0 Å². The van der Waals surface area contributed by atoms with E-state index in [2.05, 4.69) is 58.4 Å². The zero-order valence-electron chi connectivity index (χ0n) is 17.4. The maximum atomic E-state index is 4.60. The molecule has 0 rings (SSSR count). The third-order valence-corrected chi connectivity index (χ3v) is 4.92. The normalized spacial score (nSPS) is 15.9. The zero-order valence-corrected chi connectivity index (χ0v) is 17.4. The van der Waals surface area contributed by atoms with E-state index in [1.807, 2.05) is 13.1 Å². The second kappa shape index (κ2) is 13.3. The fourth-order valence-corrected chi connectivity index (χ4v) is 3.59. The van der Waals surface area contributed by atoms with Gasteiger partial charge in [-0.3, -0.25) is 4.99 Å². The van der Waals surface area contributed by atoms with Gasteiger partial charge >= 0.3 is 0 Å². The summed E-state index contributed by atoms with van der Waals surface area (Å²) in [6.07, 6.45) is 10.7. The van der Waals surface area contributed by atoms with Crippen LogP contribution in [0.15, 0.2) is 28.9 Å². The molecule has 24 heavy (non-hydrogen) atoms. The van der Waals surface area contributed by atoms with Gasteiger partial charge in [-0.15, -0.1) is 6.58 Å². The Morgan fingerprint density at radius 2 is 1.71 bits per heavy atom. The number of nitrogens with zero attached hydrogens (tertiary/aromatic N) is 1. The van der Waals surface area contributed by atoms with Gasteiger partial charge < -0.3 is 5.32 Å². The number of hydrogen-bond donors (Lipinski definition) is 1. The Morgan fingerprint density at radius 1 is 1.12 bits per heavy atom. The van der Waals surface area contributed by atoms with E-state index in [1.165, 1.54) is 49.1 Å². The van der Waals surface area contributed by atoms with Crippen molar-refractivity contribution >= 4 is 5.71 Å². The number of rotatable bonds is 13. The summed E-state index contributed by atoms with van der Waals surface area (Å²) in [5.74, 6) is 1.57. The van der Waals surface area contributed by atoms with Crippen LogP contribution in [-0.4, -0.2) is 18.8 Å². The summed E-state index contributed by atoms with van der Waals surface area (Å²) < 4.78 is 0. The van der Waals surface area contributed by atoms with Crippen molar-refractivity contribution in [3.63, 3.8) is 0 Å². The van der Waals surface area contributed by atoms with E-state index < -0.39 is 0 Å². The molecular formula is C22H42N2. The van der Waals surface area contributed by atoms with Crippen molar-refractivity contribution < 1.29 is 0 Å². The molecule has 0 aromatic rings. The van der Waals surface area contributed by atoms with Crippen LogP contribution >= 0.6 is 0 Å². The van der Waals surface area contributed by atoms with Crippen molar-refractivity contribution in [1.29, 1.82) is 0 Å². The van der Waals surface area contributed by atoms with Crippen LogP contribution < -0.4 is 5.32 Å². The molecule has 0 bridgehead atoms. The van der Waals surface area contributed by atoms with Gasteiger partial charge in [0.05, 0.1) is 0 Å². The first-order valence-electron chi connectivity index (χ1n) is 9.90. The SMILES string of the molecule is C=CCC(C)N/C(C)=C(C)/C(CC(C)CC(CCC)CCC)=N\C. The molecule has 2 atom stereocenters. The maximum Gasteiger partial charge on any atom is 0.0393 e. The van der Waals surface area contributed by atoms with Crippen LogP contribution in [0.2, 0.25) is 0 Å². The molecule has 140 valence electrons. The van der Waals surface area contributed by atoms with Gasteiger partial charge in [0.15, 0.2) is 0 Å². The highest BCUT2D eigenvalue weighted by atomic mass is 14.9. The van der Waals surface area contributed by atoms with Crippen molar-refractivity contribution in [2.45, 2.75) is 92.5 Å². The summed E-state index contributed by atoms with van der Waals surface area (Å²) in [7, 11) is 1.93. The molecular weight excluding hydrogens is 292 g/mol. The number of aliphatic imine (C=N–C) groups is 1. The summed E-state index contributed by atoms with van der Waals surface area (Å²) in [5, 5.41) is 3.58. The van der Waals surface area contributed by atoms with Crippen molar-refractivity contribution in [3.8, 4) is 0 Å². The molecule has 0 heterocycles. The van der Waals surface area contributed by atoms with E-state index in [-0.39, 0.29) is 0 Å². The monoisotopic (exact) mass is 334 g/mol. The van der Waals surface area contributed by atoms with Gasteiger partial charge in [0, 0.05) is 24.5 Å². The Hall–Kier alpha value is -1.05. The Kier molecular flexibility index (Phi) is 12.7. The van der Waals surface area contributed by atoms with Crippen LogP contribution in [-0.2, 0) is 0 Å². The molecule has 0 aromatic heterocycles. The summed E-state index contributed by atoms with van der Waals surface area (Å²) in [4.78, 5) is 4.60. The number of hydrogen-bond acceptors (Lipinski definition) is 2. The fraction of sp³-hybridized carbons (Fsp3) is 0.773. The molecule has 2 nitrogen and oxygen atoms in total. The molecule has 0 amide bonds. The first-order chi connectivity index (χ1) is 11.4. The Bertz CT molecular complexity index is 400. The minimum atomic E-state index is 0.423. The number of allylic oxidation sites excluding steroid dienone is 2. The molecule has 2 heteroatoms. The van der Waals surface area contributed by atoms with E-state index >= 15 is 0 Å². The van der Waals surface area contributed by atoms with Gasteiger partial charge in [0.25, 0.3) is 0 Å². The Labute approximate surface area is 151 Å². The maximum absolute atomic E-state index is 4.60. The van der Waals surface area contributed by atoms with E-state index in [9.17, 15) is 0 Å². The van der Waals surface area contributed by atoms with Crippen molar-refractivity contribution in [1.82, 2.24) is 5.32 Å². The molecule has 1 N–H and O–H groups in total. The second-order valence-corrected chi connectivity index (χ2v) is 7.48. The topological polar surface area (TPSA) is 24.4 Å². The van der Waals surface area contributed by atoms with E-state index in [4.69, 9.17) is 0 Å². The lowest BCUT2D eigenvalue weighted by Gasteiger charge is -2.22. The molecule has 0 aliphatic heterocycles. The molecule has 0 saturated heterocycles. The van der Waals surface area contributed by atoms with Crippen LogP contribution in [0.25, 0.3) is 0 Å². The number of nitrogens with one attached hydrogen (secondary N) is 1. The van der Waals surface area contributed by atoms with Crippen molar-refractivity contribution in [3.05, 3.63) is 23.9 Å². The molecule has 0 aliphatic rings. The second-order valence-electron chi connectivity index (χ2n) is 7.48. The highest BCUT2D eigenvalue weighted by Gasteiger charge is 2.16. The van der Waals surface area contributed by atoms with Crippen molar-refractivity contribution in [2.75, 3.05) is 7.05 Å². The highest BCUT2D eigenvalue weighted by molar-refractivity contribution is 6.00. The summed E-state index contributed by atoms with van der Waals surface area (Å²) in [6.45, 7) is 17.4. The molecule has 0 aliphatic carbocycles. The predicted molar refractivity (Wildman–Crippen MR) is 111 cm³/mol. The molecule has 0 spiro atoms. The third-order valence-electron chi connectivity index (χ3n) is 4.92. The van der Waals surface area contributed by atoms with E-state index in [1.54, 1.807) is 0 Å². The predicted octanol–water partition coefficient (Wildman–Crippen LogP) is 6.54. The Balaban J connectivity index is 4.80. The molecule has 0 radical (unpaired) electrons. The fourth-order valence-electron chi connectivity index (χ4n) is 3.59. The van der Waals surface area contributed by atoms with Crippen LogP contribution in [0.1, 0.15) is 86.5 Å². The molecule has 0 saturated carbocycles.